The molecule has 0 aromatic heterocycles. The molecule has 0 aliphatic rings. The average Bonchev–Trinajstić information content (AvgIpc) is 2.31. The number of hydrogen-bond donors (Lipinski definition) is 0. The van der Waals surface area contributed by atoms with Crippen molar-refractivity contribution in [2.24, 2.45) is 5.41 Å². The van der Waals surface area contributed by atoms with Crippen LogP contribution in [-0.2, 0) is 4.43 Å². The minimum Gasteiger partial charge on any atom is -0.428 e. The van der Waals surface area contributed by atoms with Crippen molar-refractivity contribution < 1.29 is 4.43 Å². The van der Waals surface area contributed by atoms with Crippen molar-refractivity contribution in [1.82, 2.24) is 0 Å². The minimum absolute atomic E-state index is 0.602. The third-order valence-electron chi connectivity index (χ3n) is 3.74. The van der Waals surface area contributed by atoms with Crippen LogP contribution in [0.2, 0.25) is 0 Å². The first-order valence-electron chi connectivity index (χ1n) is 7.23. The Hall–Kier alpha value is 0.177. The smallest absolute Gasteiger partial charge is 0.145 e. The number of rotatable bonds is 11. The van der Waals surface area contributed by atoms with E-state index in [9.17, 15) is 0 Å². The van der Waals surface area contributed by atoms with Crippen LogP contribution in [0.4, 0.5) is 0 Å². The monoisotopic (exact) mass is 244 g/mol. The van der Waals surface area contributed by atoms with Crippen LogP contribution in [0.15, 0.2) is 0 Å². The van der Waals surface area contributed by atoms with Gasteiger partial charge in [0.15, 0.2) is 0 Å². The van der Waals surface area contributed by atoms with Crippen LogP contribution >= 0.6 is 0 Å². The first kappa shape index (κ1) is 16.2. The standard InChI is InChI=1S/C14H32OSi/c1-4-7-10-14(9-6-3,11-8-5-2)12-13-15-16/h4-13H2,1-3,16H3. The van der Waals surface area contributed by atoms with Crippen molar-refractivity contribution >= 4 is 10.5 Å². The molecule has 0 spiro atoms. The summed E-state index contributed by atoms with van der Waals surface area (Å²) in [5, 5.41) is 0. The fourth-order valence-corrected chi connectivity index (χ4v) is 2.91. The van der Waals surface area contributed by atoms with Gasteiger partial charge in [0, 0.05) is 6.61 Å². The van der Waals surface area contributed by atoms with Crippen molar-refractivity contribution in [3.05, 3.63) is 0 Å². The predicted octanol–water partition coefficient (Wildman–Crippen LogP) is 3.84. The molecule has 0 saturated carbocycles. The molecule has 2 heteroatoms. The van der Waals surface area contributed by atoms with E-state index in [0.717, 1.165) is 17.1 Å². The van der Waals surface area contributed by atoms with E-state index in [1.807, 2.05) is 0 Å². The van der Waals surface area contributed by atoms with Crippen molar-refractivity contribution in [3.8, 4) is 0 Å². The molecule has 0 fully saturated rings. The van der Waals surface area contributed by atoms with Gasteiger partial charge in [0.25, 0.3) is 0 Å². The topological polar surface area (TPSA) is 9.23 Å². The highest BCUT2D eigenvalue weighted by molar-refractivity contribution is 5.97. The van der Waals surface area contributed by atoms with Crippen LogP contribution in [0.5, 0.6) is 0 Å². The van der Waals surface area contributed by atoms with Gasteiger partial charge in [-0.1, -0.05) is 52.9 Å². The van der Waals surface area contributed by atoms with Gasteiger partial charge in [-0.25, -0.2) is 0 Å². The minimum atomic E-state index is 0.602. The van der Waals surface area contributed by atoms with Crippen LogP contribution in [0.1, 0.15) is 78.6 Å². The van der Waals surface area contributed by atoms with Crippen molar-refractivity contribution in [2.45, 2.75) is 78.6 Å². The highest BCUT2D eigenvalue weighted by Crippen LogP contribution is 2.39. The van der Waals surface area contributed by atoms with E-state index >= 15 is 0 Å². The molecule has 0 rings (SSSR count). The fraction of sp³-hybridized carbons (Fsp3) is 1.00. The van der Waals surface area contributed by atoms with E-state index in [0.29, 0.717) is 5.41 Å². The zero-order valence-electron chi connectivity index (χ0n) is 12.0. The molecule has 0 aliphatic carbocycles. The predicted molar refractivity (Wildman–Crippen MR) is 76.9 cm³/mol. The zero-order valence-corrected chi connectivity index (χ0v) is 14.0. The van der Waals surface area contributed by atoms with Crippen molar-refractivity contribution in [1.29, 1.82) is 0 Å². The molecule has 0 radical (unpaired) electrons. The van der Waals surface area contributed by atoms with E-state index in [1.165, 1.54) is 57.8 Å². The summed E-state index contributed by atoms with van der Waals surface area (Å²) in [5.41, 5.74) is 0.602. The van der Waals surface area contributed by atoms with Gasteiger partial charge in [0.1, 0.15) is 10.5 Å². The molecule has 0 amide bonds. The molecule has 0 aromatic rings. The lowest BCUT2D eigenvalue weighted by atomic mass is 9.72. The van der Waals surface area contributed by atoms with Crippen molar-refractivity contribution in [3.63, 3.8) is 0 Å². The first-order chi connectivity index (χ1) is 7.74. The molecule has 0 N–H and O–H groups in total. The lowest BCUT2D eigenvalue weighted by Crippen LogP contribution is -2.23. The third-order valence-corrected chi connectivity index (χ3v) is 4.15. The molecule has 0 aliphatic heterocycles. The maximum Gasteiger partial charge on any atom is 0.145 e. The molecular formula is C14H32OSi. The Labute approximate surface area is 106 Å². The molecule has 0 bridgehead atoms. The van der Waals surface area contributed by atoms with Crippen LogP contribution in [0.25, 0.3) is 0 Å². The summed E-state index contributed by atoms with van der Waals surface area (Å²) in [4.78, 5) is 0. The van der Waals surface area contributed by atoms with E-state index < -0.39 is 0 Å². The van der Waals surface area contributed by atoms with Gasteiger partial charge in [-0.3, -0.25) is 0 Å². The number of unbranched alkanes of at least 4 members (excludes halogenated alkanes) is 2. The van der Waals surface area contributed by atoms with Crippen molar-refractivity contribution in [2.75, 3.05) is 6.61 Å². The van der Waals surface area contributed by atoms with E-state index in [1.54, 1.807) is 0 Å². The zero-order chi connectivity index (χ0) is 12.3. The maximum atomic E-state index is 5.44. The summed E-state index contributed by atoms with van der Waals surface area (Å²) in [6.45, 7) is 7.94. The summed E-state index contributed by atoms with van der Waals surface area (Å²) in [6, 6.07) is 0. The largest absolute Gasteiger partial charge is 0.428 e. The van der Waals surface area contributed by atoms with Crippen LogP contribution in [0, 0.1) is 5.41 Å². The fourth-order valence-electron chi connectivity index (χ4n) is 2.70. The molecule has 0 unspecified atom stereocenters. The molecule has 1 nitrogen and oxygen atoms in total. The van der Waals surface area contributed by atoms with Crippen LogP contribution < -0.4 is 0 Å². The second-order valence-electron chi connectivity index (χ2n) is 5.20. The molecular weight excluding hydrogens is 212 g/mol. The van der Waals surface area contributed by atoms with Gasteiger partial charge < -0.3 is 4.43 Å². The Bertz CT molecular complexity index is 126. The Morgan fingerprint density at radius 1 is 0.812 bits per heavy atom. The Balaban J connectivity index is 4.32. The summed E-state index contributed by atoms with van der Waals surface area (Å²) in [7, 11) is 0.897. The third kappa shape index (κ3) is 6.69. The Morgan fingerprint density at radius 2 is 1.38 bits per heavy atom. The Kier molecular flexibility index (Phi) is 10.5. The van der Waals surface area contributed by atoms with Crippen LogP contribution in [-0.4, -0.2) is 17.1 Å². The van der Waals surface area contributed by atoms with Crippen LogP contribution in [0.3, 0.4) is 0 Å². The first-order valence-corrected chi connectivity index (χ1v) is 8.05. The molecule has 0 atom stereocenters. The van der Waals surface area contributed by atoms with Gasteiger partial charge in [0.2, 0.25) is 0 Å². The average molecular weight is 244 g/mol. The second kappa shape index (κ2) is 10.3. The Morgan fingerprint density at radius 3 is 1.75 bits per heavy atom. The molecule has 0 heterocycles. The summed E-state index contributed by atoms with van der Waals surface area (Å²) in [5.74, 6) is 0. The molecule has 98 valence electrons. The van der Waals surface area contributed by atoms with E-state index in [-0.39, 0.29) is 0 Å². The SMILES string of the molecule is CCCCC(CCC)(CCCC)CCO[SiH3]. The summed E-state index contributed by atoms with van der Waals surface area (Å²) in [6.07, 6.45) is 12.3. The summed E-state index contributed by atoms with van der Waals surface area (Å²) >= 11 is 0. The molecule has 0 aromatic carbocycles. The lowest BCUT2D eigenvalue weighted by molar-refractivity contribution is 0.150. The van der Waals surface area contributed by atoms with E-state index in [2.05, 4.69) is 20.8 Å². The van der Waals surface area contributed by atoms with Gasteiger partial charge in [0.05, 0.1) is 0 Å². The second-order valence-corrected chi connectivity index (χ2v) is 5.78. The number of hydrogen-bond acceptors (Lipinski definition) is 1. The molecule has 16 heavy (non-hydrogen) atoms. The highest BCUT2D eigenvalue weighted by Gasteiger charge is 2.27. The maximum absolute atomic E-state index is 5.44. The molecule has 0 saturated heterocycles. The van der Waals surface area contributed by atoms with Gasteiger partial charge in [-0.15, -0.1) is 0 Å². The highest BCUT2D eigenvalue weighted by atomic mass is 28.2. The van der Waals surface area contributed by atoms with Gasteiger partial charge in [-0.2, -0.15) is 0 Å². The van der Waals surface area contributed by atoms with Gasteiger partial charge in [-0.05, 0) is 31.1 Å². The quantitative estimate of drug-likeness (QED) is 0.502. The normalized spacial score (nSPS) is 12.2. The lowest BCUT2D eigenvalue weighted by Gasteiger charge is -2.34. The van der Waals surface area contributed by atoms with E-state index in [4.69, 9.17) is 4.43 Å². The van der Waals surface area contributed by atoms with Gasteiger partial charge >= 0.3 is 0 Å². The summed E-state index contributed by atoms with van der Waals surface area (Å²) < 4.78 is 5.44.